The Labute approximate surface area is 90.5 Å². The molecule has 3 heteroatoms. The molecule has 0 saturated heterocycles. The Bertz CT molecular complexity index is 287. The van der Waals surface area contributed by atoms with Gasteiger partial charge in [-0.15, -0.1) is 0 Å². The summed E-state index contributed by atoms with van der Waals surface area (Å²) in [5, 5.41) is 0. The van der Waals surface area contributed by atoms with E-state index in [4.69, 9.17) is 0 Å². The predicted octanol–water partition coefficient (Wildman–Crippen LogP) is 2.99. The highest BCUT2D eigenvalue weighted by atomic mass is 32.2. The fourth-order valence-electron chi connectivity index (χ4n) is 1.35. The van der Waals surface area contributed by atoms with Crippen LogP contribution >= 0.6 is 11.8 Å². The highest BCUT2D eigenvalue weighted by Crippen LogP contribution is 2.10. The van der Waals surface area contributed by atoms with Gasteiger partial charge in [0, 0.05) is 11.9 Å². The Kier molecular flexibility index (Phi) is 4.94. The Morgan fingerprint density at radius 3 is 2.79 bits per heavy atom. The molecule has 0 bridgehead atoms. The lowest BCUT2D eigenvalue weighted by Crippen LogP contribution is -2.00. The van der Waals surface area contributed by atoms with Gasteiger partial charge < -0.3 is 0 Å². The van der Waals surface area contributed by atoms with Crippen LogP contribution in [0, 0.1) is 6.92 Å². The predicted molar refractivity (Wildman–Crippen MR) is 62.6 cm³/mol. The molecule has 0 aliphatic rings. The van der Waals surface area contributed by atoms with Crippen molar-refractivity contribution < 1.29 is 0 Å². The third kappa shape index (κ3) is 3.29. The Hall–Kier alpha value is -0.570. The minimum atomic E-state index is 0.912. The van der Waals surface area contributed by atoms with Crippen LogP contribution in [-0.2, 0) is 12.2 Å². The highest BCUT2D eigenvalue weighted by molar-refractivity contribution is 7.97. The first-order valence-electron chi connectivity index (χ1n) is 5.08. The van der Waals surface area contributed by atoms with E-state index in [1.807, 2.05) is 6.20 Å². The number of aryl methyl sites for hydroxylation is 2. The van der Waals surface area contributed by atoms with Crippen molar-refractivity contribution in [2.45, 2.75) is 38.9 Å². The molecule has 0 saturated carbocycles. The van der Waals surface area contributed by atoms with Gasteiger partial charge in [0.25, 0.3) is 0 Å². The Morgan fingerprint density at radius 1 is 1.43 bits per heavy atom. The molecule has 0 atom stereocenters. The van der Waals surface area contributed by atoms with Gasteiger partial charge in [0.1, 0.15) is 5.82 Å². The minimum absolute atomic E-state index is 0.912. The third-order valence-electron chi connectivity index (χ3n) is 2.20. The molecule has 1 aromatic rings. The van der Waals surface area contributed by atoms with Crippen LogP contribution in [-0.4, -0.2) is 16.2 Å². The number of aromatic nitrogens is 2. The average molecular weight is 210 g/mol. The minimum Gasteiger partial charge on any atom is -0.240 e. The summed E-state index contributed by atoms with van der Waals surface area (Å²) >= 11 is 1.76. The molecule has 0 N–H and O–H groups in total. The molecule has 0 unspecified atom stereocenters. The van der Waals surface area contributed by atoms with Crippen LogP contribution in [0.25, 0.3) is 0 Å². The summed E-state index contributed by atoms with van der Waals surface area (Å²) in [6.45, 7) is 4.29. The van der Waals surface area contributed by atoms with Crippen molar-refractivity contribution >= 4 is 11.8 Å². The van der Waals surface area contributed by atoms with Gasteiger partial charge in [-0.05, 0) is 31.6 Å². The summed E-state index contributed by atoms with van der Waals surface area (Å²) in [7, 11) is 0. The summed E-state index contributed by atoms with van der Waals surface area (Å²) in [6.07, 6.45) is 7.63. The normalized spacial score (nSPS) is 10.5. The number of hydrogen-bond donors (Lipinski definition) is 0. The second kappa shape index (κ2) is 6.02. The van der Waals surface area contributed by atoms with Gasteiger partial charge in [-0.25, -0.2) is 9.97 Å². The quantitative estimate of drug-likeness (QED) is 0.747. The Morgan fingerprint density at radius 2 is 2.21 bits per heavy atom. The topological polar surface area (TPSA) is 25.8 Å². The van der Waals surface area contributed by atoms with E-state index < -0.39 is 0 Å². The monoisotopic (exact) mass is 210 g/mol. The van der Waals surface area contributed by atoms with E-state index in [0.717, 1.165) is 23.7 Å². The molecule has 1 heterocycles. The number of unbranched alkanes of at least 4 members (excludes halogenated alkanes) is 1. The number of thioether (sulfide) groups is 1. The lowest BCUT2D eigenvalue weighted by atomic mass is 10.1. The molecule has 0 aromatic carbocycles. The lowest BCUT2D eigenvalue weighted by molar-refractivity contribution is 0.777. The van der Waals surface area contributed by atoms with Crippen LogP contribution in [0.15, 0.2) is 6.20 Å². The zero-order valence-corrected chi connectivity index (χ0v) is 10.0. The smallest absolute Gasteiger partial charge is 0.138 e. The van der Waals surface area contributed by atoms with Crippen molar-refractivity contribution in [1.82, 2.24) is 9.97 Å². The van der Waals surface area contributed by atoms with Crippen molar-refractivity contribution in [3.05, 3.63) is 23.3 Å². The molecule has 78 valence electrons. The summed E-state index contributed by atoms with van der Waals surface area (Å²) in [4.78, 5) is 8.83. The first kappa shape index (κ1) is 11.5. The van der Waals surface area contributed by atoms with Crippen molar-refractivity contribution in [1.29, 1.82) is 0 Å². The standard InChI is InChI=1S/C11H18N2S/c1-4-5-6-10-7-12-11(8-14-3)13-9(10)2/h7H,4-6,8H2,1-3H3. The van der Waals surface area contributed by atoms with Crippen LogP contribution in [0.4, 0.5) is 0 Å². The van der Waals surface area contributed by atoms with Crippen molar-refractivity contribution in [2.24, 2.45) is 0 Å². The van der Waals surface area contributed by atoms with E-state index in [1.54, 1.807) is 11.8 Å². The number of nitrogens with zero attached hydrogens (tertiary/aromatic N) is 2. The highest BCUT2D eigenvalue weighted by Gasteiger charge is 2.02. The first-order chi connectivity index (χ1) is 6.77. The molecule has 2 nitrogen and oxygen atoms in total. The van der Waals surface area contributed by atoms with Crippen molar-refractivity contribution in [3.63, 3.8) is 0 Å². The molecular formula is C11H18N2S. The average Bonchev–Trinajstić information content (AvgIpc) is 2.17. The SMILES string of the molecule is CCCCc1cnc(CSC)nc1C. The summed E-state index contributed by atoms with van der Waals surface area (Å²) in [5.74, 6) is 1.87. The van der Waals surface area contributed by atoms with Crippen LogP contribution in [0.3, 0.4) is 0 Å². The van der Waals surface area contributed by atoms with Gasteiger partial charge in [0.15, 0.2) is 0 Å². The van der Waals surface area contributed by atoms with Crippen LogP contribution < -0.4 is 0 Å². The zero-order valence-electron chi connectivity index (χ0n) is 9.21. The molecule has 0 aliphatic carbocycles. The molecule has 1 aromatic heterocycles. The fourth-order valence-corrected chi connectivity index (χ4v) is 1.75. The van der Waals surface area contributed by atoms with E-state index in [-0.39, 0.29) is 0 Å². The molecule has 14 heavy (non-hydrogen) atoms. The second-order valence-corrected chi connectivity index (χ2v) is 4.30. The van der Waals surface area contributed by atoms with Crippen LogP contribution in [0.5, 0.6) is 0 Å². The lowest BCUT2D eigenvalue weighted by Gasteiger charge is -2.05. The maximum atomic E-state index is 4.48. The maximum absolute atomic E-state index is 4.48. The zero-order chi connectivity index (χ0) is 10.4. The molecule has 0 fully saturated rings. The first-order valence-corrected chi connectivity index (χ1v) is 6.47. The van der Waals surface area contributed by atoms with Crippen molar-refractivity contribution in [3.8, 4) is 0 Å². The second-order valence-electron chi connectivity index (χ2n) is 3.43. The molecule has 0 spiro atoms. The van der Waals surface area contributed by atoms with E-state index >= 15 is 0 Å². The Balaban J connectivity index is 2.68. The van der Waals surface area contributed by atoms with Crippen molar-refractivity contribution in [2.75, 3.05) is 6.26 Å². The van der Waals surface area contributed by atoms with Gasteiger partial charge in [0.05, 0.1) is 5.75 Å². The van der Waals surface area contributed by atoms with Gasteiger partial charge in [0.2, 0.25) is 0 Å². The summed E-state index contributed by atoms with van der Waals surface area (Å²) < 4.78 is 0. The summed E-state index contributed by atoms with van der Waals surface area (Å²) in [6, 6.07) is 0. The molecular weight excluding hydrogens is 192 g/mol. The van der Waals surface area contributed by atoms with Crippen LogP contribution in [0.1, 0.15) is 36.8 Å². The molecule has 1 rings (SSSR count). The molecule has 0 amide bonds. The third-order valence-corrected chi connectivity index (χ3v) is 2.75. The fraction of sp³-hybridized carbons (Fsp3) is 0.636. The van der Waals surface area contributed by atoms with E-state index in [2.05, 4.69) is 30.1 Å². The van der Waals surface area contributed by atoms with E-state index in [9.17, 15) is 0 Å². The van der Waals surface area contributed by atoms with E-state index in [0.29, 0.717) is 0 Å². The molecule has 0 radical (unpaired) electrons. The van der Waals surface area contributed by atoms with Gasteiger partial charge in [-0.3, -0.25) is 0 Å². The van der Waals surface area contributed by atoms with Gasteiger partial charge >= 0.3 is 0 Å². The van der Waals surface area contributed by atoms with Crippen LogP contribution in [0.2, 0.25) is 0 Å². The maximum Gasteiger partial charge on any atom is 0.138 e. The van der Waals surface area contributed by atoms with Gasteiger partial charge in [-0.2, -0.15) is 11.8 Å². The van der Waals surface area contributed by atoms with Gasteiger partial charge in [-0.1, -0.05) is 13.3 Å². The summed E-state index contributed by atoms with van der Waals surface area (Å²) in [5.41, 5.74) is 2.45. The molecule has 0 aliphatic heterocycles. The number of rotatable bonds is 5. The largest absolute Gasteiger partial charge is 0.240 e. The number of hydrogen-bond acceptors (Lipinski definition) is 3. The van der Waals surface area contributed by atoms with E-state index in [1.165, 1.54) is 18.4 Å².